The van der Waals surface area contributed by atoms with Crippen molar-refractivity contribution in [1.29, 1.82) is 0 Å². The van der Waals surface area contributed by atoms with Crippen LogP contribution in [-0.4, -0.2) is 30.3 Å². The van der Waals surface area contributed by atoms with Crippen molar-refractivity contribution in [2.45, 2.75) is 18.4 Å². The molecule has 3 N–H and O–H groups in total. The highest BCUT2D eigenvalue weighted by Gasteiger charge is 2.48. The Morgan fingerprint density at radius 2 is 2.36 bits per heavy atom. The van der Waals surface area contributed by atoms with Crippen LogP contribution < -0.4 is 5.73 Å². The zero-order chi connectivity index (χ0) is 8.48. The smallest absolute Gasteiger partial charge is 0.328 e. The summed E-state index contributed by atoms with van der Waals surface area (Å²) in [6, 6.07) is 0. The van der Waals surface area contributed by atoms with Crippen molar-refractivity contribution in [3.63, 3.8) is 0 Å². The van der Waals surface area contributed by atoms with E-state index in [-0.39, 0.29) is 12.5 Å². The Kier molecular flexibility index (Phi) is 2.15. The van der Waals surface area contributed by atoms with E-state index in [0.29, 0.717) is 0 Å². The molecule has 0 amide bonds. The Balaban J connectivity index is 2.64. The van der Waals surface area contributed by atoms with E-state index in [1.807, 2.05) is 0 Å². The number of nitrogens with two attached hydrogens (primary N) is 1. The normalized spacial score (nSPS) is 22.5. The molecule has 11 heavy (non-hydrogen) atoms. The molecular weight excluding hydrogens is 146 g/mol. The van der Waals surface area contributed by atoms with Crippen LogP contribution in [0.3, 0.4) is 0 Å². The quantitative estimate of drug-likeness (QED) is 0.532. The summed E-state index contributed by atoms with van der Waals surface area (Å²) in [6.45, 7) is -0.329. The summed E-state index contributed by atoms with van der Waals surface area (Å²) in [4.78, 5) is 11.0. The molecule has 1 atom stereocenters. The molecule has 1 aliphatic rings. The van der Waals surface area contributed by atoms with E-state index in [9.17, 15) is 4.79 Å². The fourth-order valence-corrected chi connectivity index (χ4v) is 1.15. The first-order valence-electron chi connectivity index (χ1n) is 3.63. The number of methoxy groups -OCH3 is 1. The molecule has 4 nitrogen and oxygen atoms in total. The summed E-state index contributed by atoms with van der Waals surface area (Å²) >= 11 is 0. The number of carbonyl (C=O) groups is 1. The van der Waals surface area contributed by atoms with Gasteiger partial charge in [-0.15, -0.1) is 0 Å². The number of hydrogen-bond acceptors (Lipinski definition) is 4. The molecule has 0 radical (unpaired) electrons. The van der Waals surface area contributed by atoms with Gasteiger partial charge in [0.1, 0.15) is 5.54 Å². The van der Waals surface area contributed by atoms with E-state index in [2.05, 4.69) is 4.74 Å². The van der Waals surface area contributed by atoms with Gasteiger partial charge in [0.05, 0.1) is 13.7 Å². The molecule has 0 saturated heterocycles. The second-order valence-electron chi connectivity index (χ2n) is 2.96. The molecule has 1 fully saturated rings. The highest BCUT2D eigenvalue weighted by Crippen LogP contribution is 2.38. The van der Waals surface area contributed by atoms with Crippen molar-refractivity contribution in [3.8, 4) is 0 Å². The van der Waals surface area contributed by atoms with Gasteiger partial charge in [-0.25, -0.2) is 4.79 Å². The lowest BCUT2D eigenvalue weighted by Crippen LogP contribution is -2.54. The summed E-state index contributed by atoms with van der Waals surface area (Å²) < 4.78 is 4.48. The predicted octanol–water partition coefficient (Wildman–Crippen LogP) is -0.741. The molecule has 0 aromatic carbocycles. The number of aliphatic hydroxyl groups excluding tert-OH is 1. The molecule has 0 aliphatic heterocycles. The molecule has 0 aromatic rings. The number of aliphatic hydroxyl groups is 1. The third kappa shape index (κ3) is 1.36. The standard InChI is InChI=1S/C7H13NO3/c1-11-6(10)7(8,4-9)5-2-3-5/h5,9H,2-4,8H2,1H3. The molecule has 1 rings (SSSR count). The number of esters is 1. The van der Waals surface area contributed by atoms with E-state index >= 15 is 0 Å². The van der Waals surface area contributed by atoms with Crippen LogP contribution in [0.5, 0.6) is 0 Å². The summed E-state index contributed by atoms with van der Waals surface area (Å²) in [5.41, 5.74) is 4.49. The molecule has 0 aromatic heterocycles. The number of hydrogen-bond donors (Lipinski definition) is 2. The fourth-order valence-electron chi connectivity index (χ4n) is 1.15. The van der Waals surface area contributed by atoms with Crippen molar-refractivity contribution >= 4 is 5.97 Å². The van der Waals surface area contributed by atoms with Crippen molar-refractivity contribution in [2.24, 2.45) is 11.7 Å². The van der Waals surface area contributed by atoms with E-state index in [4.69, 9.17) is 10.8 Å². The number of rotatable bonds is 3. The van der Waals surface area contributed by atoms with E-state index in [1.165, 1.54) is 7.11 Å². The molecule has 1 aliphatic carbocycles. The minimum atomic E-state index is -1.14. The maximum Gasteiger partial charge on any atom is 0.328 e. The van der Waals surface area contributed by atoms with Gasteiger partial charge >= 0.3 is 5.97 Å². The number of ether oxygens (including phenoxy) is 1. The van der Waals surface area contributed by atoms with Crippen LogP contribution in [0.4, 0.5) is 0 Å². The predicted molar refractivity (Wildman–Crippen MR) is 38.7 cm³/mol. The van der Waals surface area contributed by atoms with Crippen molar-refractivity contribution in [3.05, 3.63) is 0 Å². The van der Waals surface area contributed by atoms with Gasteiger partial charge in [-0.3, -0.25) is 0 Å². The monoisotopic (exact) mass is 159 g/mol. The summed E-state index contributed by atoms with van der Waals surface area (Å²) in [5.74, 6) is -0.401. The molecular formula is C7H13NO3. The fraction of sp³-hybridized carbons (Fsp3) is 0.857. The Hall–Kier alpha value is -0.610. The van der Waals surface area contributed by atoms with Gasteiger partial charge in [0.2, 0.25) is 0 Å². The van der Waals surface area contributed by atoms with E-state index in [0.717, 1.165) is 12.8 Å². The summed E-state index contributed by atoms with van der Waals surface area (Å²) in [6.07, 6.45) is 1.82. The summed E-state index contributed by atoms with van der Waals surface area (Å²) in [7, 11) is 1.28. The van der Waals surface area contributed by atoms with E-state index in [1.54, 1.807) is 0 Å². The first-order valence-corrected chi connectivity index (χ1v) is 3.63. The Labute approximate surface area is 65.3 Å². The molecule has 0 bridgehead atoms. The van der Waals surface area contributed by atoms with Gasteiger partial charge in [0.25, 0.3) is 0 Å². The van der Waals surface area contributed by atoms with Crippen LogP contribution in [0.2, 0.25) is 0 Å². The van der Waals surface area contributed by atoms with Gasteiger partial charge in [-0.2, -0.15) is 0 Å². The average molecular weight is 159 g/mol. The third-order valence-electron chi connectivity index (χ3n) is 2.13. The Morgan fingerprint density at radius 3 is 2.64 bits per heavy atom. The van der Waals surface area contributed by atoms with Crippen LogP contribution in [0.15, 0.2) is 0 Å². The Morgan fingerprint density at radius 1 is 1.82 bits per heavy atom. The van der Waals surface area contributed by atoms with E-state index < -0.39 is 11.5 Å². The first-order chi connectivity index (χ1) is 5.15. The van der Waals surface area contributed by atoms with Crippen molar-refractivity contribution < 1.29 is 14.6 Å². The lowest BCUT2D eigenvalue weighted by Gasteiger charge is -2.23. The second kappa shape index (κ2) is 2.79. The lowest BCUT2D eigenvalue weighted by molar-refractivity contribution is -0.149. The van der Waals surface area contributed by atoms with Crippen LogP contribution in [0.1, 0.15) is 12.8 Å². The van der Waals surface area contributed by atoms with Gasteiger partial charge in [0, 0.05) is 0 Å². The zero-order valence-electron chi connectivity index (χ0n) is 6.54. The molecule has 64 valence electrons. The third-order valence-corrected chi connectivity index (χ3v) is 2.13. The van der Waals surface area contributed by atoms with Gasteiger partial charge in [-0.1, -0.05) is 0 Å². The maximum absolute atomic E-state index is 11.0. The lowest BCUT2D eigenvalue weighted by atomic mass is 9.96. The minimum Gasteiger partial charge on any atom is -0.468 e. The first kappa shape index (κ1) is 8.49. The summed E-state index contributed by atoms with van der Waals surface area (Å²) in [5, 5.41) is 8.87. The van der Waals surface area contributed by atoms with Crippen molar-refractivity contribution in [1.82, 2.24) is 0 Å². The van der Waals surface area contributed by atoms with Crippen LogP contribution in [-0.2, 0) is 9.53 Å². The van der Waals surface area contributed by atoms with Crippen molar-refractivity contribution in [2.75, 3.05) is 13.7 Å². The molecule has 0 heterocycles. The van der Waals surface area contributed by atoms with Gasteiger partial charge in [-0.05, 0) is 18.8 Å². The Bertz CT molecular complexity index is 167. The molecule has 0 spiro atoms. The molecule has 4 heteroatoms. The SMILES string of the molecule is COC(=O)C(N)(CO)C1CC1. The number of carbonyl (C=O) groups excluding carboxylic acids is 1. The average Bonchev–Trinajstić information content (AvgIpc) is 2.84. The zero-order valence-corrected chi connectivity index (χ0v) is 6.54. The van der Waals surface area contributed by atoms with Crippen LogP contribution in [0, 0.1) is 5.92 Å². The van der Waals surface area contributed by atoms with Gasteiger partial charge < -0.3 is 15.6 Å². The second-order valence-corrected chi connectivity index (χ2v) is 2.96. The topological polar surface area (TPSA) is 72.5 Å². The highest BCUT2D eigenvalue weighted by molar-refractivity contribution is 5.81. The van der Waals surface area contributed by atoms with Gasteiger partial charge in [0.15, 0.2) is 0 Å². The largest absolute Gasteiger partial charge is 0.468 e. The minimum absolute atomic E-state index is 0.111. The van der Waals surface area contributed by atoms with Crippen LogP contribution >= 0.6 is 0 Å². The highest BCUT2D eigenvalue weighted by atomic mass is 16.5. The van der Waals surface area contributed by atoms with Crippen LogP contribution in [0.25, 0.3) is 0 Å². The molecule has 1 unspecified atom stereocenters. The molecule has 1 saturated carbocycles. The maximum atomic E-state index is 11.0.